The minimum absolute atomic E-state index is 0.0933. The van der Waals surface area contributed by atoms with Gasteiger partial charge in [0.2, 0.25) is 0 Å². The second-order valence-electron chi connectivity index (χ2n) is 4.03. The molecule has 0 amide bonds. The van der Waals surface area contributed by atoms with Crippen molar-refractivity contribution in [1.82, 2.24) is 0 Å². The molecule has 0 bridgehead atoms. The van der Waals surface area contributed by atoms with Crippen molar-refractivity contribution < 1.29 is 9.84 Å². The molecule has 0 saturated carbocycles. The Morgan fingerprint density at radius 3 is 2.80 bits per heavy atom. The lowest BCUT2D eigenvalue weighted by Crippen LogP contribution is -2.44. The van der Waals surface area contributed by atoms with Crippen molar-refractivity contribution in [3.63, 3.8) is 0 Å². The molecular formula is C12H17NO2. The van der Waals surface area contributed by atoms with Crippen molar-refractivity contribution in [2.45, 2.75) is 32.3 Å². The van der Waals surface area contributed by atoms with Gasteiger partial charge in [0.1, 0.15) is 17.1 Å². The molecule has 82 valence electrons. The third-order valence-electron chi connectivity index (χ3n) is 3.18. The standard InChI is InChI=1S/C12H17NO2/c1-3-12(4-2)8-13-10-7-9(14)5-6-11(10)15-12/h5-7,13-14H,3-4,8H2,1-2H3. The van der Waals surface area contributed by atoms with Gasteiger partial charge >= 0.3 is 0 Å². The minimum Gasteiger partial charge on any atom is -0.508 e. The van der Waals surface area contributed by atoms with E-state index in [0.29, 0.717) is 0 Å². The summed E-state index contributed by atoms with van der Waals surface area (Å²) in [6, 6.07) is 5.17. The number of phenolic OH excluding ortho intramolecular Hbond substituents is 1. The number of phenols is 1. The number of aromatic hydroxyl groups is 1. The van der Waals surface area contributed by atoms with Crippen molar-refractivity contribution in [3.05, 3.63) is 18.2 Å². The smallest absolute Gasteiger partial charge is 0.143 e. The van der Waals surface area contributed by atoms with Crippen molar-refractivity contribution >= 4 is 5.69 Å². The molecule has 0 fully saturated rings. The third-order valence-corrected chi connectivity index (χ3v) is 3.18. The van der Waals surface area contributed by atoms with E-state index in [-0.39, 0.29) is 11.4 Å². The van der Waals surface area contributed by atoms with Crippen LogP contribution in [0.4, 0.5) is 5.69 Å². The van der Waals surface area contributed by atoms with E-state index in [9.17, 15) is 5.11 Å². The van der Waals surface area contributed by atoms with Crippen LogP contribution in [-0.2, 0) is 0 Å². The van der Waals surface area contributed by atoms with Gasteiger partial charge in [-0.25, -0.2) is 0 Å². The maximum Gasteiger partial charge on any atom is 0.143 e. The summed E-state index contributed by atoms with van der Waals surface area (Å²) in [6.45, 7) is 5.07. The normalized spacial score (nSPS) is 17.5. The molecule has 15 heavy (non-hydrogen) atoms. The highest BCUT2D eigenvalue weighted by Crippen LogP contribution is 2.37. The number of benzene rings is 1. The molecule has 1 aromatic rings. The van der Waals surface area contributed by atoms with Crippen LogP contribution in [0.1, 0.15) is 26.7 Å². The maximum absolute atomic E-state index is 9.34. The zero-order valence-corrected chi connectivity index (χ0v) is 9.21. The van der Waals surface area contributed by atoms with Gasteiger partial charge in [-0.05, 0) is 25.0 Å². The molecule has 0 aromatic heterocycles. The summed E-state index contributed by atoms with van der Waals surface area (Å²) in [7, 11) is 0. The molecule has 0 unspecified atom stereocenters. The van der Waals surface area contributed by atoms with E-state index in [0.717, 1.165) is 30.8 Å². The first-order valence-electron chi connectivity index (χ1n) is 5.45. The van der Waals surface area contributed by atoms with Crippen LogP contribution in [0.25, 0.3) is 0 Å². The summed E-state index contributed by atoms with van der Waals surface area (Å²) in [5, 5.41) is 12.6. The summed E-state index contributed by atoms with van der Waals surface area (Å²) < 4.78 is 6.00. The molecule has 0 saturated heterocycles. The molecular weight excluding hydrogens is 190 g/mol. The third kappa shape index (κ3) is 1.74. The average molecular weight is 207 g/mol. The molecule has 1 aromatic carbocycles. The molecule has 0 aliphatic carbocycles. The van der Waals surface area contributed by atoms with Gasteiger partial charge in [-0.1, -0.05) is 13.8 Å². The Bertz CT molecular complexity index is 359. The molecule has 0 spiro atoms. The minimum atomic E-state index is -0.0933. The van der Waals surface area contributed by atoms with Gasteiger partial charge in [0, 0.05) is 6.07 Å². The SMILES string of the molecule is CCC1(CC)CNc2cc(O)ccc2O1. The van der Waals surface area contributed by atoms with Crippen LogP contribution in [0, 0.1) is 0 Å². The van der Waals surface area contributed by atoms with Gasteiger partial charge in [-0.3, -0.25) is 0 Å². The molecule has 3 nitrogen and oxygen atoms in total. The zero-order valence-electron chi connectivity index (χ0n) is 9.21. The van der Waals surface area contributed by atoms with E-state index in [2.05, 4.69) is 19.2 Å². The average Bonchev–Trinajstić information content (AvgIpc) is 2.28. The topological polar surface area (TPSA) is 41.5 Å². The number of hydrogen-bond acceptors (Lipinski definition) is 3. The highest BCUT2D eigenvalue weighted by atomic mass is 16.5. The summed E-state index contributed by atoms with van der Waals surface area (Å²) in [5.41, 5.74) is 0.789. The molecule has 1 aliphatic rings. The molecule has 3 heteroatoms. The van der Waals surface area contributed by atoms with Crippen molar-refractivity contribution in [1.29, 1.82) is 0 Å². The van der Waals surface area contributed by atoms with Crippen LogP contribution in [0.3, 0.4) is 0 Å². The predicted octanol–water partition coefficient (Wildman–Crippen LogP) is 2.76. The molecule has 1 aliphatic heterocycles. The Kier molecular flexibility index (Phi) is 2.47. The molecule has 2 rings (SSSR count). The predicted molar refractivity (Wildman–Crippen MR) is 60.5 cm³/mol. The summed E-state index contributed by atoms with van der Waals surface area (Å²) >= 11 is 0. The highest BCUT2D eigenvalue weighted by Gasteiger charge is 2.32. The number of anilines is 1. The van der Waals surface area contributed by atoms with E-state index >= 15 is 0 Å². The summed E-state index contributed by atoms with van der Waals surface area (Å²) in [4.78, 5) is 0. The van der Waals surface area contributed by atoms with Crippen molar-refractivity contribution in [2.75, 3.05) is 11.9 Å². The lowest BCUT2D eigenvalue weighted by Gasteiger charge is -2.38. The quantitative estimate of drug-likeness (QED) is 0.783. The largest absolute Gasteiger partial charge is 0.508 e. The van der Waals surface area contributed by atoms with Gasteiger partial charge in [0.25, 0.3) is 0 Å². The maximum atomic E-state index is 9.34. The van der Waals surface area contributed by atoms with Gasteiger partial charge in [0.05, 0.1) is 12.2 Å². The number of nitrogens with one attached hydrogen (secondary N) is 1. The number of fused-ring (bicyclic) bond motifs is 1. The van der Waals surface area contributed by atoms with E-state index in [1.54, 1.807) is 12.1 Å². The Morgan fingerprint density at radius 2 is 2.13 bits per heavy atom. The second-order valence-corrected chi connectivity index (χ2v) is 4.03. The van der Waals surface area contributed by atoms with Crippen molar-refractivity contribution in [3.8, 4) is 11.5 Å². The first kappa shape index (κ1) is 10.1. The number of rotatable bonds is 2. The Balaban J connectivity index is 2.30. The van der Waals surface area contributed by atoms with Crippen LogP contribution < -0.4 is 10.1 Å². The lowest BCUT2D eigenvalue weighted by atomic mass is 9.95. The number of ether oxygens (including phenoxy) is 1. The molecule has 1 heterocycles. The van der Waals surface area contributed by atoms with E-state index in [1.807, 2.05) is 6.07 Å². The van der Waals surface area contributed by atoms with Gasteiger partial charge < -0.3 is 15.2 Å². The first-order chi connectivity index (χ1) is 7.19. The van der Waals surface area contributed by atoms with E-state index in [1.165, 1.54) is 0 Å². The van der Waals surface area contributed by atoms with E-state index < -0.39 is 0 Å². The molecule has 0 radical (unpaired) electrons. The monoisotopic (exact) mass is 207 g/mol. The lowest BCUT2D eigenvalue weighted by molar-refractivity contribution is 0.0670. The van der Waals surface area contributed by atoms with Gasteiger partial charge in [0.15, 0.2) is 0 Å². The van der Waals surface area contributed by atoms with Crippen LogP contribution in [0.2, 0.25) is 0 Å². The first-order valence-corrected chi connectivity index (χ1v) is 5.45. The second kappa shape index (κ2) is 3.65. The Labute approximate surface area is 90.1 Å². The van der Waals surface area contributed by atoms with Crippen LogP contribution in [0.15, 0.2) is 18.2 Å². The summed E-state index contributed by atoms with van der Waals surface area (Å²) in [6.07, 6.45) is 1.97. The fourth-order valence-electron chi connectivity index (χ4n) is 1.92. The highest BCUT2D eigenvalue weighted by molar-refractivity contribution is 5.61. The summed E-state index contributed by atoms with van der Waals surface area (Å²) in [5.74, 6) is 1.10. The molecule has 0 atom stereocenters. The fraction of sp³-hybridized carbons (Fsp3) is 0.500. The van der Waals surface area contributed by atoms with Gasteiger partial charge in [-0.15, -0.1) is 0 Å². The van der Waals surface area contributed by atoms with Crippen molar-refractivity contribution in [2.24, 2.45) is 0 Å². The van der Waals surface area contributed by atoms with Crippen LogP contribution in [0.5, 0.6) is 11.5 Å². The fourth-order valence-corrected chi connectivity index (χ4v) is 1.92. The van der Waals surface area contributed by atoms with Crippen LogP contribution in [-0.4, -0.2) is 17.3 Å². The van der Waals surface area contributed by atoms with Gasteiger partial charge in [-0.2, -0.15) is 0 Å². The van der Waals surface area contributed by atoms with E-state index in [4.69, 9.17) is 4.74 Å². The molecule has 2 N–H and O–H groups in total. The number of hydrogen-bond donors (Lipinski definition) is 2. The Morgan fingerprint density at radius 1 is 1.40 bits per heavy atom. The Hall–Kier alpha value is -1.38. The zero-order chi connectivity index (χ0) is 10.9. The van der Waals surface area contributed by atoms with Crippen LogP contribution >= 0.6 is 0 Å².